The molecule has 1 atom stereocenters. The zero-order valence-corrected chi connectivity index (χ0v) is 12.0. The molecule has 0 saturated heterocycles. The van der Waals surface area contributed by atoms with Crippen molar-refractivity contribution in [1.82, 2.24) is 5.32 Å². The number of hydrogen-bond acceptors (Lipinski definition) is 3. The molecule has 19 heavy (non-hydrogen) atoms. The molecule has 1 unspecified atom stereocenters. The van der Waals surface area contributed by atoms with E-state index in [0.29, 0.717) is 12.6 Å². The Labute approximate surface area is 116 Å². The summed E-state index contributed by atoms with van der Waals surface area (Å²) in [7, 11) is 1.72. The summed E-state index contributed by atoms with van der Waals surface area (Å²) in [4.78, 5) is 0. The zero-order chi connectivity index (χ0) is 13.5. The molecule has 1 aliphatic rings. The van der Waals surface area contributed by atoms with Crippen molar-refractivity contribution in [2.75, 3.05) is 20.3 Å². The van der Waals surface area contributed by atoms with Crippen molar-refractivity contribution < 1.29 is 9.47 Å². The molecule has 1 N–H and O–H groups in total. The van der Waals surface area contributed by atoms with E-state index in [4.69, 9.17) is 9.47 Å². The van der Waals surface area contributed by atoms with E-state index in [1.165, 1.54) is 24.8 Å². The lowest BCUT2D eigenvalue weighted by Crippen LogP contribution is -2.35. The van der Waals surface area contributed by atoms with Crippen LogP contribution in [-0.2, 0) is 11.2 Å². The van der Waals surface area contributed by atoms with Crippen molar-refractivity contribution in [3.63, 3.8) is 0 Å². The summed E-state index contributed by atoms with van der Waals surface area (Å²) in [6.07, 6.45) is 4.99. The largest absolute Gasteiger partial charge is 0.487 e. The molecule has 0 bridgehead atoms. The zero-order valence-electron chi connectivity index (χ0n) is 12.0. The summed E-state index contributed by atoms with van der Waals surface area (Å²) >= 11 is 0. The summed E-state index contributed by atoms with van der Waals surface area (Å²) in [6, 6.07) is 9.12. The minimum atomic E-state index is 0.0858. The van der Waals surface area contributed by atoms with Crippen LogP contribution in [0.15, 0.2) is 24.3 Å². The van der Waals surface area contributed by atoms with E-state index in [1.54, 1.807) is 7.11 Å². The first kappa shape index (κ1) is 14.4. The summed E-state index contributed by atoms with van der Waals surface area (Å²) in [5, 5.41) is 3.49. The van der Waals surface area contributed by atoms with Gasteiger partial charge >= 0.3 is 0 Å². The van der Waals surface area contributed by atoms with Crippen LogP contribution < -0.4 is 10.1 Å². The van der Waals surface area contributed by atoms with E-state index in [-0.39, 0.29) is 6.10 Å². The van der Waals surface area contributed by atoms with Crippen LogP contribution in [0, 0.1) is 0 Å². The number of rotatable bonds is 9. The molecule has 1 aliphatic carbocycles. The van der Waals surface area contributed by atoms with Crippen molar-refractivity contribution in [1.29, 1.82) is 0 Å². The van der Waals surface area contributed by atoms with Crippen molar-refractivity contribution in [2.24, 2.45) is 0 Å². The van der Waals surface area contributed by atoms with Crippen molar-refractivity contribution in [3.05, 3.63) is 29.8 Å². The van der Waals surface area contributed by atoms with Gasteiger partial charge in [0.2, 0.25) is 0 Å². The maximum absolute atomic E-state index is 5.98. The number of ether oxygens (including phenoxy) is 2. The van der Waals surface area contributed by atoms with E-state index in [0.717, 1.165) is 18.7 Å². The molecular formula is C16H25NO2. The van der Waals surface area contributed by atoms with Gasteiger partial charge in [0.25, 0.3) is 0 Å². The second-order valence-electron chi connectivity index (χ2n) is 5.27. The number of benzene rings is 1. The Morgan fingerprint density at radius 1 is 1.26 bits per heavy atom. The van der Waals surface area contributed by atoms with Crippen LogP contribution in [0.3, 0.4) is 0 Å². The quantitative estimate of drug-likeness (QED) is 0.743. The fourth-order valence-electron chi connectivity index (χ4n) is 2.12. The molecule has 0 aromatic heterocycles. The fraction of sp³-hybridized carbons (Fsp3) is 0.625. The van der Waals surface area contributed by atoms with Crippen molar-refractivity contribution in [3.8, 4) is 5.75 Å². The van der Waals surface area contributed by atoms with Crippen molar-refractivity contribution in [2.45, 2.75) is 44.8 Å². The normalized spacial score (nSPS) is 16.3. The average Bonchev–Trinajstić information content (AvgIpc) is 3.23. The molecule has 0 heterocycles. The van der Waals surface area contributed by atoms with Gasteiger partial charge < -0.3 is 14.8 Å². The van der Waals surface area contributed by atoms with E-state index < -0.39 is 0 Å². The van der Waals surface area contributed by atoms with Gasteiger partial charge in [0, 0.05) is 19.7 Å². The Hall–Kier alpha value is -1.06. The van der Waals surface area contributed by atoms with E-state index in [2.05, 4.69) is 36.5 Å². The lowest BCUT2D eigenvalue weighted by molar-refractivity contribution is 0.0804. The van der Waals surface area contributed by atoms with E-state index in [9.17, 15) is 0 Å². The summed E-state index contributed by atoms with van der Waals surface area (Å²) in [5.74, 6) is 0.930. The molecule has 106 valence electrons. The Balaban J connectivity index is 1.83. The Bertz CT molecular complexity index is 360. The van der Waals surface area contributed by atoms with Crippen LogP contribution >= 0.6 is 0 Å². The number of aryl methyl sites for hydroxylation is 1. The van der Waals surface area contributed by atoms with Crippen LogP contribution in [-0.4, -0.2) is 32.4 Å². The van der Waals surface area contributed by atoms with Crippen LogP contribution in [0.2, 0.25) is 0 Å². The minimum absolute atomic E-state index is 0.0858. The molecule has 1 fully saturated rings. The van der Waals surface area contributed by atoms with Gasteiger partial charge in [0.15, 0.2) is 0 Å². The third-order valence-corrected chi connectivity index (χ3v) is 3.33. The van der Waals surface area contributed by atoms with Gasteiger partial charge in [-0.15, -0.1) is 0 Å². The van der Waals surface area contributed by atoms with Gasteiger partial charge in [-0.25, -0.2) is 0 Å². The molecule has 0 spiro atoms. The molecule has 0 amide bonds. The Morgan fingerprint density at radius 3 is 2.58 bits per heavy atom. The maximum Gasteiger partial charge on any atom is 0.134 e. The molecule has 3 heteroatoms. The summed E-state index contributed by atoms with van der Waals surface area (Å²) in [6.45, 7) is 3.67. The third kappa shape index (κ3) is 5.21. The van der Waals surface area contributed by atoms with Gasteiger partial charge in [-0.05, 0) is 37.0 Å². The monoisotopic (exact) mass is 263 g/mol. The van der Waals surface area contributed by atoms with Gasteiger partial charge in [-0.2, -0.15) is 0 Å². The molecular weight excluding hydrogens is 238 g/mol. The highest BCUT2D eigenvalue weighted by molar-refractivity contribution is 5.27. The topological polar surface area (TPSA) is 30.5 Å². The minimum Gasteiger partial charge on any atom is -0.487 e. The van der Waals surface area contributed by atoms with Crippen LogP contribution in [0.1, 0.15) is 31.7 Å². The lowest BCUT2D eigenvalue weighted by atomic mass is 10.1. The first-order chi connectivity index (χ1) is 9.31. The molecule has 0 aliphatic heterocycles. The maximum atomic E-state index is 5.98. The molecule has 3 nitrogen and oxygen atoms in total. The predicted octanol–water partition coefficient (Wildman–Crippen LogP) is 2.78. The highest BCUT2D eigenvalue weighted by Crippen LogP contribution is 2.19. The summed E-state index contributed by atoms with van der Waals surface area (Å²) in [5.41, 5.74) is 1.37. The number of hydrogen-bond donors (Lipinski definition) is 1. The van der Waals surface area contributed by atoms with Crippen LogP contribution in [0.25, 0.3) is 0 Å². The van der Waals surface area contributed by atoms with Crippen molar-refractivity contribution >= 4 is 0 Å². The molecule has 1 saturated carbocycles. The first-order valence-electron chi connectivity index (χ1n) is 7.29. The third-order valence-electron chi connectivity index (χ3n) is 3.33. The van der Waals surface area contributed by atoms with Gasteiger partial charge in [-0.1, -0.05) is 25.5 Å². The van der Waals surface area contributed by atoms with E-state index >= 15 is 0 Å². The smallest absolute Gasteiger partial charge is 0.134 e. The highest BCUT2D eigenvalue weighted by Gasteiger charge is 2.22. The Morgan fingerprint density at radius 2 is 2.00 bits per heavy atom. The first-order valence-corrected chi connectivity index (χ1v) is 7.29. The lowest BCUT2D eigenvalue weighted by Gasteiger charge is -2.19. The van der Waals surface area contributed by atoms with Crippen LogP contribution in [0.4, 0.5) is 0 Å². The molecule has 1 aromatic rings. The second kappa shape index (κ2) is 7.51. The number of nitrogens with one attached hydrogen (secondary N) is 1. The van der Waals surface area contributed by atoms with Crippen LogP contribution in [0.5, 0.6) is 5.75 Å². The molecule has 1 aromatic carbocycles. The van der Waals surface area contributed by atoms with Gasteiger partial charge in [0.1, 0.15) is 11.9 Å². The highest BCUT2D eigenvalue weighted by atomic mass is 16.5. The molecule has 2 rings (SSSR count). The van der Waals surface area contributed by atoms with E-state index in [1.807, 2.05) is 0 Å². The Kier molecular flexibility index (Phi) is 5.67. The molecule has 0 radical (unpaired) electrons. The van der Waals surface area contributed by atoms with Gasteiger partial charge in [0.05, 0.1) is 6.61 Å². The summed E-state index contributed by atoms with van der Waals surface area (Å²) < 4.78 is 11.2. The number of methoxy groups -OCH3 is 1. The standard InChI is InChI=1S/C16H25NO2/c1-3-4-13-5-9-15(10-6-13)19-16(12-18-2)11-17-14-7-8-14/h5-6,9-10,14,16-17H,3-4,7-8,11-12H2,1-2H3. The average molecular weight is 263 g/mol. The fourth-order valence-corrected chi connectivity index (χ4v) is 2.12. The SMILES string of the molecule is CCCc1ccc(OC(CNC2CC2)COC)cc1. The predicted molar refractivity (Wildman–Crippen MR) is 77.8 cm³/mol. The van der Waals surface area contributed by atoms with Gasteiger partial charge in [-0.3, -0.25) is 0 Å². The second-order valence-corrected chi connectivity index (χ2v) is 5.27.